The molecule has 0 spiro atoms. The Labute approximate surface area is 146 Å². The Kier molecular flexibility index (Phi) is 6.09. The number of hydrogen-bond acceptors (Lipinski definition) is 3. The molecular formula is C19H26O2SSi. The Morgan fingerprint density at radius 1 is 0.957 bits per heavy atom. The first-order valence-electron chi connectivity index (χ1n) is 7.96. The minimum atomic E-state index is -2.52. The van der Waals surface area contributed by atoms with Crippen LogP contribution in [0.25, 0.3) is 0 Å². The number of thiol groups is 1. The van der Waals surface area contributed by atoms with Gasteiger partial charge >= 0.3 is 0 Å². The lowest BCUT2D eigenvalue weighted by Crippen LogP contribution is -2.67. The molecule has 0 radical (unpaired) electrons. The fourth-order valence-corrected chi connectivity index (χ4v) is 7.74. The van der Waals surface area contributed by atoms with Crippen LogP contribution in [0.3, 0.4) is 0 Å². The van der Waals surface area contributed by atoms with Gasteiger partial charge in [-0.3, -0.25) is 0 Å². The van der Waals surface area contributed by atoms with Crippen molar-refractivity contribution in [2.24, 2.45) is 0 Å². The zero-order valence-electron chi connectivity index (χ0n) is 14.1. The lowest BCUT2D eigenvalue weighted by atomic mass is 10.2. The average Bonchev–Trinajstić information content (AvgIpc) is 2.56. The molecule has 0 saturated heterocycles. The number of rotatable bonds is 6. The van der Waals surface area contributed by atoms with Crippen LogP contribution in [0.15, 0.2) is 60.7 Å². The minimum absolute atomic E-state index is 0.0635. The van der Waals surface area contributed by atoms with Crippen LogP contribution in [0.4, 0.5) is 0 Å². The molecule has 0 fully saturated rings. The Balaban J connectivity index is 2.60. The zero-order chi connectivity index (χ0) is 16.9. The van der Waals surface area contributed by atoms with Crippen LogP contribution in [-0.2, 0) is 4.43 Å². The van der Waals surface area contributed by atoms with Crippen molar-refractivity contribution >= 4 is 31.3 Å². The maximum atomic E-state index is 10.0. The average molecular weight is 347 g/mol. The molecule has 0 aliphatic carbocycles. The smallest absolute Gasteiger partial charge is 0.261 e. The Bertz CT molecular complexity index is 556. The number of aliphatic hydroxyl groups is 1. The quantitative estimate of drug-likeness (QED) is 0.622. The molecule has 2 nitrogen and oxygen atoms in total. The van der Waals surface area contributed by atoms with E-state index >= 15 is 0 Å². The van der Waals surface area contributed by atoms with Crippen LogP contribution in [0.2, 0.25) is 5.04 Å². The van der Waals surface area contributed by atoms with Crippen LogP contribution < -0.4 is 10.4 Å². The van der Waals surface area contributed by atoms with E-state index in [4.69, 9.17) is 4.43 Å². The van der Waals surface area contributed by atoms with E-state index < -0.39 is 14.4 Å². The molecule has 2 aromatic rings. The zero-order valence-corrected chi connectivity index (χ0v) is 16.0. The first kappa shape index (κ1) is 18.3. The molecule has 1 N–H and O–H groups in total. The van der Waals surface area contributed by atoms with Gasteiger partial charge in [-0.05, 0) is 15.4 Å². The Hall–Kier alpha value is -1.07. The van der Waals surface area contributed by atoms with Gasteiger partial charge in [0.2, 0.25) is 0 Å². The molecule has 2 aromatic carbocycles. The van der Waals surface area contributed by atoms with E-state index in [-0.39, 0.29) is 5.04 Å². The third-order valence-corrected chi connectivity index (χ3v) is 9.55. The van der Waals surface area contributed by atoms with Crippen molar-refractivity contribution in [1.82, 2.24) is 0 Å². The second kappa shape index (κ2) is 7.66. The summed E-state index contributed by atoms with van der Waals surface area (Å²) >= 11 is 4.18. The van der Waals surface area contributed by atoms with Crippen molar-refractivity contribution < 1.29 is 9.53 Å². The summed E-state index contributed by atoms with van der Waals surface area (Å²) in [7, 11) is -2.52. The van der Waals surface area contributed by atoms with Gasteiger partial charge in [0.15, 0.2) is 0 Å². The highest BCUT2D eigenvalue weighted by Gasteiger charge is 2.50. The van der Waals surface area contributed by atoms with Gasteiger partial charge in [0.1, 0.15) is 0 Å². The molecule has 0 amide bonds. The van der Waals surface area contributed by atoms with Crippen LogP contribution in [0, 0.1) is 0 Å². The molecular weight excluding hydrogens is 320 g/mol. The molecule has 23 heavy (non-hydrogen) atoms. The second-order valence-electron chi connectivity index (χ2n) is 6.81. The summed E-state index contributed by atoms with van der Waals surface area (Å²) in [6, 6.07) is 20.9. The number of hydrogen-bond donors (Lipinski definition) is 2. The van der Waals surface area contributed by atoms with Gasteiger partial charge in [0.05, 0.1) is 12.7 Å². The van der Waals surface area contributed by atoms with Gasteiger partial charge in [-0.25, -0.2) is 0 Å². The predicted octanol–water partition coefficient (Wildman–Crippen LogP) is 2.85. The van der Waals surface area contributed by atoms with E-state index in [9.17, 15) is 5.11 Å². The van der Waals surface area contributed by atoms with E-state index in [0.717, 1.165) is 0 Å². The Morgan fingerprint density at radius 3 is 1.74 bits per heavy atom. The summed E-state index contributed by atoms with van der Waals surface area (Å²) in [5, 5.41) is 12.4. The van der Waals surface area contributed by atoms with Crippen molar-refractivity contribution in [3.63, 3.8) is 0 Å². The van der Waals surface area contributed by atoms with Crippen molar-refractivity contribution in [3.05, 3.63) is 60.7 Å². The van der Waals surface area contributed by atoms with Gasteiger partial charge in [-0.15, -0.1) is 0 Å². The lowest BCUT2D eigenvalue weighted by molar-refractivity contribution is 0.121. The SMILES string of the molecule is CC(C)(C)[Si](OC[C@@H](O)CS)(c1ccccc1)c1ccccc1. The van der Waals surface area contributed by atoms with Gasteiger partial charge in [0.25, 0.3) is 8.32 Å². The summed E-state index contributed by atoms with van der Waals surface area (Å²) in [6.07, 6.45) is -0.556. The van der Waals surface area contributed by atoms with Crippen molar-refractivity contribution in [1.29, 1.82) is 0 Å². The summed E-state index contributed by atoms with van der Waals surface area (Å²) in [4.78, 5) is 0. The van der Waals surface area contributed by atoms with Crippen molar-refractivity contribution in [3.8, 4) is 0 Å². The lowest BCUT2D eigenvalue weighted by Gasteiger charge is -2.43. The minimum Gasteiger partial charge on any atom is -0.405 e. The summed E-state index contributed by atoms with van der Waals surface area (Å²) in [6.45, 7) is 6.99. The fraction of sp³-hybridized carbons (Fsp3) is 0.368. The van der Waals surface area contributed by atoms with E-state index in [0.29, 0.717) is 12.4 Å². The van der Waals surface area contributed by atoms with Gasteiger partial charge in [-0.1, -0.05) is 81.4 Å². The molecule has 0 bridgehead atoms. The fourth-order valence-electron chi connectivity index (χ4n) is 3.04. The van der Waals surface area contributed by atoms with Crippen LogP contribution in [0.1, 0.15) is 20.8 Å². The molecule has 0 heterocycles. The molecule has 4 heteroatoms. The highest BCUT2D eigenvalue weighted by Crippen LogP contribution is 2.36. The van der Waals surface area contributed by atoms with Crippen LogP contribution >= 0.6 is 12.6 Å². The van der Waals surface area contributed by atoms with E-state index in [2.05, 4.69) is 81.9 Å². The molecule has 0 aliphatic rings. The maximum Gasteiger partial charge on any atom is 0.261 e. The van der Waals surface area contributed by atoms with E-state index in [1.807, 2.05) is 12.1 Å². The predicted molar refractivity (Wildman–Crippen MR) is 103 cm³/mol. The monoisotopic (exact) mass is 346 g/mol. The molecule has 0 aliphatic heterocycles. The highest BCUT2D eigenvalue weighted by molar-refractivity contribution is 7.80. The molecule has 1 atom stereocenters. The molecule has 0 saturated carbocycles. The topological polar surface area (TPSA) is 29.5 Å². The second-order valence-corrected chi connectivity index (χ2v) is 11.5. The number of benzene rings is 2. The summed E-state index contributed by atoms with van der Waals surface area (Å²) < 4.78 is 6.56. The summed E-state index contributed by atoms with van der Waals surface area (Å²) in [5.41, 5.74) is 0. The first-order valence-corrected chi connectivity index (χ1v) is 10.5. The number of aliphatic hydroxyl groups excluding tert-OH is 1. The van der Waals surface area contributed by atoms with Gasteiger partial charge < -0.3 is 9.53 Å². The molecule has 0 aromatic heterocycles. The third-order valence-electron chi connectivity index (χ3n) is 4.12. The van der Waals surface area contributed by atoms with Crippen LogP contribution in [0.5, 0.6) is 0 Å². The van der Waals surface area contributed by atoms with Crippen LogP contribution in [-0.4, -0.2) is 31.9 Å². The van der Waals surface area contributed by atoms with E-state index in [1.54, 1.807) is 0 Å². The maximum absolute atomic E-state index is 10.0. The molecule has 2 rings (SSSR count). The first-order chi connectivity index (χ1) is 10.9. The molecule has 0 unspecified atom stereocenters. The third kappa shape index (κ3) is 3.89. The normalized spacial score (nSPS) is 13.8. The van der Waals surface area contributed by atoms with Crippen molar-refractivity contribution in [2.45, 2.75) is 31.9 Å². The standard InChI is InChI=1S/C19H26O2SSi/c1-19(2,3)23(21-14-16(20)15-22,17-10-6-4-7-11-17)18-12-8-5-9-13-18/h4-13,16,20,22H,14-15H2,1-3H3/t16-/m1/s1. The highest BCUT2D eigenvalue weighted by atomic mass is 32.1. The van der Waals surface area contributed by atoms with Gasteiger partial charge in [-0.2, -0.15) is 12.6 Å². The van der Waals surface area contributed by atoms with Gasteiger partial charge in [0, 0.05) is 5.75 Å². The van der Waals surface area contributed by atoms with Crippen molar-refractivity contribution in [2.75, 3.05) is 12.4 Å². The largest absolute Gasteiger partial charge is 0.405 e. The molecule has 124 valence electrons. The van der Waals surface area contributed by atoms with E-state index in [1.165, 1.54) is 10.4 Å². The summed E-state index contributed by atoms with van der Waals surface area (Å²) in [5.74, 6) is 0.401. The Morgan fingerprint density at radius 2 is 1.39 bits per heavy atom.